The second kappa shape index (κ2) is 6.68. The van der Waals surface area contributed by atoms with Gasteiger partial charge in [-0.3, -0.25) is 0 Å². The summed E-state index contributed by atoms with van der Waals surface area (Å²) in [5.41, 5.74) is 0.272. The number of hydrogen-bond acceptors (Lipinski definition) is 5. The molecule has 0 amide bonds. The van der Waals surface area contributed by atoms with Gasteiger partial charge in [-0.05, 0) is 50.7 Å². The molecule has 2 heterocycles. The molecule has 0 bridgehead atoms. The average molecular weight is 337 g/mol. The largest absolute Gasteiger partial charge is 0.507 e. The van der Waals surface area contributed by atoms with E-state index in [2.05, 4.69) is 27.5 Å². The Morgan fingerprint density at radius 3 is 2.83 bits per heavy atom. The fourth-order valence-electron chi connectivity index (χ4n) is 2.85. The van der Waals surface area contributed by atoms with E-state index in [1.807, 2.05) is 0 Å². The standard InChI is InChI=1S/C16H18ClFN4O/c1-22-6-2-3-11(9-22)19-15-5-4-13(20-21-15)16-12(18)7-10(17)8-14(16)23/h4-5,7-8,11,23H,2-3,6,9H2,1H3,(H,19,21)/t11-/m1/s1. The number of phenols is 1. The normalized spacial score (nSPS) is 18.8. The number of rotatable bonds is 3. The van der Waals surface area contributed by atoms with Gasteiger partial charge >= 0.3 is 0 Å². The molecule has 1 aliphatic rings. The number of anilines is 1. The number of likely N-dealkylation sites (N-methyl/N-ethyl adjacent to an activating group) is 1. The molecule has 23 heavy (non-hydrogen) atoms. The van der Waals surface area contributed by atoms with E-state index >= 15 is 0 Å². The molecule has 2 aromatic rings. The maximum atomic E-state index is 14.0. The molecular weight excluding hydrogens is 319 g/mol. The van der Waals surface area contributed by atoms with E-state index in [0.29, 0.717) is 11.9 Å². The van der Waals surface area contributed by atoms with Crippen molar-refractivity contribution in [1.82, 2.24) is 15.1 Å². The lowest BCUT2D eigenvalue weighted by molar-refractivity contribution is 0.260. The number of hydrogen-bond donors (Lipinski definition) is 2. The molecule has 0 unspecified atom stereocenters. The van der Waals surface area contributed by atoms with Gasteiger partial charge in [0.05, 0.1) is 11.3 Å². The van der Waals surface area contributed by atoms with E-state index in [4.69, 9.17) is 11.6 Å². The van der Waals surface area contributed by atoms with Crippen LogP contribution in [0.15, 0.2) is 24.3 Å². The van der Waals surface area contributed by atoms with Crippen LogP contribution in [0.3, 0.4) is 0 Å². The van der Waals surface area contributed by atoms with Crippen molar-refractivity contribution >= 4 is 17.4 Å². The first-order valence-electron chi connectivity index (χ1n) is 7.50. The molecule has 1 atom stereocenters. The molecule has 0 radical (unpaired) electrons. The minimum atomic E-state index is -0.626. The summed E-state index contributed by atoms with van der Waals surface area (Å²) in [6, 6.07) is 6.13. The van der Waals surface area contributed by atoms with E-state index in [1.165, 1.54) is 6.07 Å². The van der Waals surface area contributed by atoms with Crippen LogP contribution in [0.25, 0.3) is 11.3 Å². The zero-order valence-electron chi connectivity index (χ0n) is 12.8. The monoisotopic (exact) mass is 336 g/mol. The van der Waals surface area contributed by atoms with Gasteiger partial charge in [0.1, 0.15) is 17.4 Å². The van der Waals surface area contributed by atoms with E-state index in [0.717, 1.165) is 32.0 Å². The van der Waals surface area contributed by atoms with Crippen LogP contribution in [0.1, 0.15) is 12.8 Å². The molecule has 1 aromatic carbocycles. The highest BCUT2D eigenvalue weighted by Crippen LogP contribution is 2.33. The lowest BCUT2D eigenvalue weighted by atomic mass is 10.1. The van der Waals surface area contributed by atoms with Gasteiger partial charge in [-0.1, -0.05) is 11.6 Å². The van der Waals surface area contributed by atoms with Crippen LogP contribution >= 0.6 is 11.6 Å². The van der Waals surface area contributed by atoms with Crippen LogP contribution in [0.4, 0.5) is 10.2 Å². The van der Waals surface area contributed by atoms with Crippen molar-refractivity contribution in [2.24, 2.45) is 0 Å². The van der Waals surface area contributed by atoms with Crippen molar-refractivity contribution < 1.29 is 9.50 Å². The number of piperidine rings is 1. The molecule has 1 aromatic heterocycles. The summed E-state index contributed by atoms with van der Waals surface area (Å²) >= 11 is 5.71. The highest BCUT2D eigenvalue weighted by molar-refractivity contribution is 6.30. The van der Waals surface area contributed by atoms with E-state index < -0.39 is 5.82 Å². The van der Waals surface area contributed by atoms with Gasteiger partial charge in [-0.25, -0.2) is 4.39 Å². The third kappa shape index (κ3) is 3.71. The van der Waals surface area contributed by atoms with Gasteiger partial charge in [0.2, 0.25) is 0 Å². The fraction of sp³-hybridized carbons (Fsp3) is 0.375. The number of halogens is 2. The van der Waals surface area contributed by atoms with E-state index in [1.54, 1.807) is 12.1 Å². The summed E-state index contributed by atoms with van der Waals surface area (Å²) in [7, 11) is 2.09. The number of nitrogens with zero attached hydrogens (tertiary/aromatic N) is 3. The van der Waals surface area contributed by atoms with Crippen LogP contribution in [-0.2, 0) is 0 Å². The third-order valence-corrected chi connectivity index (χ3v) is 4.15. The fourth-order valence-corrected chi connectivity index (χ4v) is 3.05. The van der Waals surface area contributed by atoms with Gasteiger partial charge in [-0.2, -0.15) is 0 Å². The number of nitrogens with one attached hydrogen (secondary N) is 1. The number of aromatic hydroxyl groups is 1. The zero-order valence-corrected chi connectivity index (χ0v) is 13.5. The lowest BCUT2D eigenvalue weighted by Crippen LogP contribution is -2.39. The molecule has 0 aliphatic carbocycles. The number of phenolic OH excluding ortho intramolecular Hbond substituents is 1. The first kappa shape index (κ1) is 16.0. The predicted octanol–water partition coefficient (Wildman–Crippen LogP) is 3.15. The van der Waals surface area contributed by atoms with Crippen molar-refractivity contribution in [1.29, 1.82) is 0 Å². The van der Waals surface area contributed by atoms with Crippen molar-refractivity contribution in [3.8, 4) is 17.0 Å². The van der Waals surface area contributed by atoms with Gasteiger partial charge in [-0.15, -0.1) is 10.2 Å². The first-order chi connectivity index (χ1) is 11.0. The van der Waals surface area contributed by atoms with Crippen molar-refractivity contribution in [3.63, 3.8) is 0 Å². The summed E-state index contributed by atoms with van der Waals surface area (Å²) in [5, 5.41) is 21.4. The van der Waals surface area contributed by atoms with E-state index in [9.17, 15) is 9.50 Å². The van der Waals surface area contributed by atoms with Crippen LogP contribution < -0.4 is 5.32 Å². The molecule has 1 aliphatic heterocycles. The molecule has 1 fully saturated rings. The summed E-state index contributed by atoms with van der Waals surface area (Å²) in [4.78, 5) is 2.27. The van der Waals surface area contributed by atoms with E-state index in [-0.39, 0.29) is 22.0 Å². The molecule has 3 rings (SSSR count). The second-order valence-corrected chi connectivity index (χ2v) is 6.27. The second-order valence-electron chi connectivity index (χ2n) is 5.83. The molecule has 7 heteroatoms. The molecule has 122 valence electrons. The average Bonchev–Trinajstić information content (AvgIpc) is 2.48. The zero-order chi connectivity index (χ0) is 16.4. The number of likely N-dealkylation sites (tertiary alicyclic amines) is 1. The van der Waals surface area contributed by atoms with Crippen molar-refractivity contribution in [3.05, 3.63) is 35.1 Å². The van der Waals surface area contributed by atoms with Crippen LogP contribution in [0.2, 0.25) is 5.02 Å². The van der Waals surface area contributed by atoms with Crippen LogP contribution in [0.5, 0.6) is 5.75 Å². The van der Waals surface area contributed by atoms with Crippen molar-refractivity contribution in [2.45, 2.75) is 18.9 Å². The summed E-state index contributed by atoms with van der Waals surface area (Å²) < 4.78 is 14.0. The Bertz CT molecular complexity index is 672. The SMILES string of the molecule is CN1CCC[C@@H](Nc2ccc(-c3c(O)cc(Cl)cc3F)nn2)C1. The van der Waals surface area contributed by atoms with Crippen LogP contribution in [-0.4, -0.2) is 46.4 Å². The summed E-state index contributed by atoms with van der Waals surface area (Å²) in [6.07, 6.45) is 2.23. The lowest BCUT2D eigenvalue weighted by Gasteiger charge is -2.30. The molecule has 0 saturated carbocycles. The quantitative estimate of drug-likeness (QED) is 0.901. The summed E-state index contributed by atoms with van der Waals surface area (Å²) in [6.45, 7) is 2.06. The smallest absolute Gasteiger partial charge is 0.148 e. The molecule has 2 N–H and O–H groups in total. The molecular formula is C16H18ClFN4O. The number of aromatic nitrogens is 2. The Morgan fingerprint density at radius 2 is 2.17 bits per heavy atom. The molecule has 1 saturated heterocycles. The first-order valence-corrected chi connectivity index (χ1v) is 7.88. The van der Waals surface area contributed by atoms with Gasteiger partial charge < -0.3 is 15.3 Å². The Kier molecular flexibility index (Phi) is 4.63. The predicted molar refractivity (Wildman–Crippen MR) is 88.2 cm³/mol. The topological polar surface area (TPSA) is 61.3 Å². The Morgan fingerprint density at radius 1 is 1.35 bits per heavy atom. The van der Waals surface area contributed by atoms with Crippen molar-refractivity contribution in [2.75, 3.05) is 25.5 Å². The van der Waals surface area contributed by atoms with Gasteiger partial charge in [0.25, 0.3) is 0 Å². The Hall–Kier alpha value is -1.92. The van der Waals surface area contributed by atoms with Gasteiger partial charge in [0.15, 0.2) is 0 Å². The van der Waals surface area contributed by atoms with Gasteiger partial charge in [0, 0.05) is 17.6 Å². The highest BCUT2D eigenvalue weighted by atomic mass is 35.5. The Balaban J connectivity index is 1.77. The minimum absolute atomic E-state index is 0.00542. The summed E-state index contributed by atoms with van der Waals surface area (Å²) in [5.74, 6) is -0.235. The Labute approximate surface area is 139 Å². The molecule has 0 spiro atoms. The maximum Gasteiger partial charge on any atom is 0.148 e. The third-order valence-electron chi connectivity index (χ3n) is 3.93. The number of benzene rings is 1. The highest BCUT2D eigenvalue weighted by Gasteiger charge is 2.18. The van der Waals surface area contributed by atoms with Crippen LogP contribution in [0, 0.1) is 5.82 Å². The minimum Gasteiger partial charge on any atom is -0.507 e. The molecule has 5 nitrogen and oxygen atoms in total. The maximum absolute atomic E-state index is 14.0.